The van der Waals surface area contributed by atoms with Crippen molar-refractivity contribution in [3.8, 4) is 5.75 Å². The molecule has 0 aliphatic rings. The molecule has 0 aliphatic carbocycles. The first-order valence-corrected chi connectivity index (χ1v) is 5.82. The Morgan fingerprint density at radius 3 is 3.00 bits per heavy atom. The maximum absolute atomic E-state index is 12.1. The molecule has 1 aromatic heterocycles. The number of phenols is 1. The van der Waals surface area contributed by atoms with Crippen LogP contribution in [-0.2, 0) is 4.79 Å². The molecule has 1 amide bonds. The summed E-state index contributed by atoms with van der Waals surface area (Å²) >= 11 is 0. The number of aromatic hydroxyl groups is 1. The molecule has 0 aliphatic heterocycles. The fourth-order valence-corrected chi connectivity index (χ4v) is 1.65. The van der Waals surface area contributed by atoms with Gasteiger partial charge in [0.15, 0.2) is 5.43 Å². The highest BCUT2D eigenvalue weighted by molar-refractivity contribution is 5.92. The summed E-state index contributed by atoms with van der Waals surface area (Å²) in [4.78, 5) is 23.4. The summed E-state index contributed by atoms with van der Waals surface area (Å²) in [5.41, 5.74) is 0.339. The van der Waals surface area contributed by atoms with Crippen LogP contribution in [0.2, 0.25) is 0 Å². The maximum Gasteiger partial charge on any atom is 0.243 e. The molecule has 0 saturated heterocycles. The molecule has 0 spiro atoms. The minimum Gasteiger partial charge on any atom is -0.508 e. The van der Waals surface area contributed by atoms with Gasteiger partial charge < -0.3 is 14.8 Å². The first kappa shape index (κ1) is 12.9. The molecule has 2 aromatic rings. The van der Waals surface area contributed by atoms with E-state index in [1.165, 1.54) is 36.6 Å². The van der Waals surface area contributed by atoms with Gasteiger partial charge in [0.05, 0.1) is 10.9 Å². The number of likely N-dealkylation sites (N-methyl/N-ethyl adjacent to an activating group) is 1. The number of rotatable bonds is 3. The molecule has 2 N–H and O–H groups in total. The normalized spacial score (nSPS) is 11.0. The quantitative estimate of drug-likeness (QED) is 0.821. The first-order valence-electron chi connectivity index (χ1n) is 5.82. The smallest absolute Gasteiger partial charge is 0.243 e. The topological polar surface area (TPSA) is 79.5 Å². The number of carbonyl (C=O) groups is 1. The van der Waals surface area contributed by atoms with Crippen LogP contribution in [0, 0.1) is 0 Å². The molecule has 1 aromatic carbocycles. The average molecular weight is 259 g/mol. The zero-order valence-electron chi connectivity index (χ0n) is 10.3. The third-order valence-corrected chi connectivity index (χ3v) is 2.55. The molecule has 5 heteroatoms. The van der Waals surface area contributed by atoms with E-state index in [0.717, 1.165) is 0 Å². The monoisotopic (exact) mass is 259 g/mol. The van der Waals surface area contributed by atoms with Crippen molar-refractivity contribution in [1.82, 2.24) is 5.32 Å². The summed E-state index contributed by atoms with van der Waals surface area (Å²) in [6, 6.07) is 4.27. The van der Waals surface area contributed by atoms with Crippen LogP contribution in [0.25, 0.3) is 17.0 Å². The van der Waals surface area contributed by atoms with E-state index in [2.05, 4.69) is 5.32 Å². The maximum atomic E-state index is 12.1. The molecule has 2 rings (SSSR count). The van der Waals surface area contributed by atoms with E-state index in [4.69, 9.17) is 4.42 Å². The summed E-state index contributed by atoms with van der Waals surface area (Å²) in [5, 5.41) is 12.2. The Labute approximate surface area is 109 Å². The second-order valence-electron chi connectivity index (χ2n) is 3.93. The van der Waals surface area contributed by atoms with Crippen LogP contribution in [0.4, 0.5) is 0 Å². The van der Waals surface area contributed by atoms with E-state index >= 15 is 0 Å². The number of phenolic OH excluding ortho intramolecular Hbond substituents is 1. The molecule has 0 saturated carbocycles. The highest BCUT2D eigenvalue weighted by atomic mass is 16.3. The standard InChI is InChI=1S/C14H13NO4/c1-2-15-13(17)6-3-9-8-19-12-7-10(16)4-5-11(12)14(9)18/h3-8,16H,2H2,1H3,(H,15,17)/b6-3+. The van der Waals surface area contributed by atoms with Gasteiger partial charge in [-0.05, 0) is 25.1 Å². The summed E-state index contributed by atoms with van der Waals surface area (Å²) in [5.74, 6) is -0.242. The van der Waals surface area contributed by atoms with Crippen LogP contribution in [0.5, 0.6) is 5.75 Å². The van der Waals surface area contributed by atoms with Crippen molar-refractivity contribution in [2.45, 2.75) is 6.92 Å². The van der Waals surface area contributed by atoms with Crippen molar-refractivity contribution in [3.05, 3.63) is 46.3 Å². The number of amides is 1. The zero-order chi connectivity index (χ0) is 13.8. The second-order valence-corrected chi connectivity index (χ2v) is 3.93. The number of hydrogen-bond donors (Lipinski definition) is 2. The molecule has 0 radical (unpaired) electrons. The lowest BCUT2D eigenvalue weighted by atomic mass is 10.1. The van der Waals surface area contributed by atoms with Crippen molar-refractivity contribution >= 4 is 23.0 Å². The molecular formula is C14H13NO4. The SMILES string of the molecule is CCNC(=O)/C=C/c1coc2cc(O)ccc2c1=O. The molecule has 0 unspecified atom stereocenters. The molecular weight excluding hydrogens is 246 g/mol. The van der Waals surface area contributed by atoms with E-state index in [9.17, 15) is 14.7 Å². The van der Waals surface area contributed by atoms with Crippen molar-refractivity contribution < 1.29 is 14.3 Å². The Kier molecular flexibility index (Phi) is 3.66. The van der Waals surface area contributed by atoms with Crippen molar-refractivity contribution in [1.29, 1.82) is 0 Å². The number of hydrogen-bond acceptors (Lipinski definition) is 4. The van der Waals surface area contributed by atoms with Crippen LogP contribution in [0.15, 0.2) is 39.7 Å². The molecule has 98 valence electrons. The Morgan fingerprint density at radius 2 is 2.26 bits per heavy atom. The van der Waals surface area contributed by atoms with Crippen molar-refractivity contribution in [2.24, 2.45) is 0 Å². The van der Waals surface area contributed by atoms with Crippen molar-refractivity contribution in [2.75, 3.05) is 6.54 Å². The third kappa shape index (κ3) is 2.82. The van der Waals surface area contributed by atoms with Gasteiger partial charge in [-0.25, -0.2) is 0 Å². The van der Waals surface area contributed by atoms with E-state index < -0.39 is 0 Å². The summed E-state index contributed by atoms with van der Waals surface area (Å²) < 4.78 is 5.25. The van der Waals surface area contributed by atoms with Crippen LogP contribution in [-0.4, -0.2) is 17.6 Å². The molecule has 19 heavy (non-hydrogen) atoms. The van der Waals surface area contributed by atoms with Crippen LogP contribution < -0.4 is 10.7 Å². The van der Waals surface area contributed by atoms with Crippen LogP contribution in [0.1, 0.15) is 12.5 Å². The Bertz CT molecular complexity index is 700. The van der Waals surface area contributed by atoms with E-state index in [1.54, 1.807) is 0 Å². The average Bonchev–Trinajstić information content (AvgIpc) is 2.38. The van der Waals surface area contributed by atoms with Crippen LogP contribution in [0.3, 0.4) is 0 Å². The molecule has 5 nitrogen and oxygen atoms in total. The van der Waals surface area contributed by atoms with Gasteiger partial charge >= 0.3 is 0 Å². The van der Waals surface area contributed by atoms with Crippen LogP contribution >= 0.6 is 0 Å². The molecule has 1 heterocycles. The van der Waals surface area contributed by atoms with Gasteiger partial charge in [-0.2, -0.15) is 0 Å². The predicted octanol–water partition coefficient (Wildman–Crippen LogP) is 1.65. The highest BCUT2D eigenvalue weighted by Crippen LogP contribution is 2.17. The second kappa shape index (κ2) is 5.39. The van der Waals surface area contributed by atoms with Gasteiger partial charge in [0.25, 0.3) is 0 Å². The fraction of sp³-hybridized carbons (Fsp3) is 0.143. The zero-order valence-corrected chi connectivity index (χ0v) is 10.3. The van der Waals surface area contributed by atoms with Gasteiger partial charge in [-0.15, -0.1) is 0 Å². The fourth-order valence-electron chi connectivity index (χ4n) is 1.65. The van der Waals surface area contributed by atoms with Gasteiger partial charge in [0, 0.05) is 18.7 Å². The largest absolute Gasteiger partial charge is 0.508 e. The summed E-state index contributed by atoms with van der Waals surface area (Å²) in [6.45, 7) is 2.33. The van der Waals surface area contributed by atoms with Gasteiger partial charge in [-0.3, -0.25) is 9.59 Å². The summed E-state index contributed by atoms with van der Waals surface area (Å²) in [6.07, 6.45) is 3.95. The minimum absolute atomic E-state index is 0.0289. The lowest BCUT2D eigenvalue weighted by Crippen LogP contribution is -2.19. The Morgan fingerprint density at radius 1 is 1.47 bits per heavy atom. The lowest BCUT2D eigenvalue weighted by Gasteiger charge is -1.99. The number of benzene rings is 1. The summed E-state index contributed by atoms with van der Waals surface area (Å²) in [7, 11) is 0. The third-order valence-electron chi connectivity index (χ3n) is 2.55. The first-order chi connectivity index (χ1) is 9.11. The molecule has 0 bridgehead atoms. The number of nitrogens with one attached hydrogen (secondary N) is 1. The highest BCUT2D eigenvalue weighted by Gasteiger charge is 2.05. The lowest BCUT2D eigenvalue weighted by molar-refractivity contribution is -0.116. The molecule has 0 atom stereocenters. The Hall–Kier alpha value is -2.56. The van der Waals surface area contributed by atoms with Gasteiger partial charge in [0.2, 0.25) is 5.91 Å². The van der Waals surface area contributed by atoms with Gasteiger partial charge in [-0.1, -0.05) is 0 Å². The number of carbonyl (C=O) groups excluding carboxylic acids is 1. The number of fused-ring (bicyclic) bond motifs is 1. The van der Waals surface area contributed by atoms with Crippen molar-refractivity contribution in [3.63, 3.8) is 0 Å². The molecule has 0 fully saturated rings. The predicted molar refractivity (Wildman–Crippen MR) is 71.9 cm³/mol. The van der Waals surface area contributed by atoms with Gasteiger partial charge in [0.1, 0.15) is 17.6 Å². The van der Waals surface area contributed by atoms with E-state index in [-0.39, 0.29) is 22.6 Å². The Balaban J connectivity index is 2.41. The van der Waals surface area contributed by atoms with E-state index in [1.807, 2.05) is 6.92 Å². The van der Waals surface area contributed by atoms with E-state index in [0.29, 0.717) is 17.5 Å². The minimum atomic E-state index is -0.271.